The molecule has 0 atom stereocenters. The zero-order valence-electron chi connectivity index (χ0n) is 12.5. The van der Waals surface area contributed by atoms with E-state index in [1.165, 1.54) is 36.1 Å². The molecular formula is C16H21FN2O2. The van der Waals surface area contributed by atoms with Crippen LogP contribution in [0.5, 0.6) is 0 Å². The maximum atomic E-state index is 13.0. The van der Waals surface area contributed by atoms with Crippen LogP contribution in [0, 0.1) is 11.7 Å². The predicted molar refractivity (Wildman–Crippen MR) is 79.4 cm³/mol. The van der Waals surface area contributed by atoms with Crippen molar-refractivity contribution >= 4 is 17.5 Å². The number of halogens is 1. The molecule has 0 saturated carbocycles. The Hall–Kier alpha value is -1.91. The maximum absolute atomic E-state index is 13.0. The van der Waals surface area contributed by atoms with Gasteiger partial charge in [-0.05, 0) is 43.0 Å². The Morgan fingerprint density at radius 1 is 1.24 bits per heavy atom. The molecule has 0 bridgehead atoms. The summed E-state index contributed by atoms with van der Waals surface area (Å²) in [4.78, 5) is 27.3. The highest BCUT2D eigenvalue weighted by Crippen LogP contribution is 2.18. The van der Waals surface area contributed by atoms with Gasteiger partial charge in [-0.25, -0.2) is 4.39 Å². The molecule has 0 N–H and O–H groups in total. The first kappa shape index (κ1) is 15.5. The molecule has 5 heteroatoms. The lowest BCUT2D eigenvalue weighted by molar-refractivity contribution is -0.132. The van der Waals surface area contributed by atoms with Gasteiger partial charge in [-0.15, -0.1) is 0 Å². The zero-order valence-corrected chi connectivity index (χ0v) is 12.5. The number of piperidine rings is 1. The van der Waals surface area contributed by atoms with Crippen LogP contribution in [-0.4, -0.2) is 36.3 Å². The molecule has 4 nitrogen and oxygen atoms in total. The Labute approximate surface area is 124 Å². The molecule has 0 unspecified atom stereocenters. The normalized spacial score (nSPS) is 15.9. The summed E-state index contributed by atoms with van der Waals surface area (Å²) >= 11 is 0. The van der Waals surface area contributed by atoms with E-state index in [0.717, 1.165) is 25.9 Å². The molecule has 1 saturated heterocycles. The molecule has 0 radical (unpaired) electrons. The summed E-state index contributed by atoms with van der Waals surface area (Å²) in [7, 11) is 0. The lowest BCUT2D eigenvalue weighted by Gasteiger charge is -2.32. The molecule has 0 spiro atoms. The molecule has 0 aliphatic carbocycles. The van der Waals surface area contributed by atoms with Crippen molar-refractivity contribution in [3.05, 3.63) is 30.1 Å². The average Bonchev–Trinajstić information content (AvgIpc) is 2.46. The third kappa shape index (κ3) is 4.03. The quantitative estimate of drug-likeness (QED) is 0.858. The fraction of sp³-hybridized carbons (Fsp3) is 0.500. The van der Waals surface area contributed by atoms with Gasteiger partial charge in [0, 0.05) is 25.7 Å². The summed E-state index contributed by atoms with van der Waals surface area (Å²) in [6.07, 6.45) is 2.00. The molecule has 1 aromatic rings. The lowest BCUT2D eigenvalue weighted by atomic mass is 9.99. The molecule has 1 heterocycles. The van der Waals surface area contributed by atoms with Crippen LogP contribution in [0.25, 0.3) is 0 Å². The SMILES string of the molecule is CC(=O)N(CC(=O)N1CCC(C)CC1)c1ccc(F)cc1. The number of likely N-dealkylation sites (tertiary alicyclic amines) is 1. The van der Waals surface area contributed by atoms with Gasteiger partial charge in [-0.2, -0.15) is 0 Å². The predicted octanol–water partition coefficient (Wildman–Crippen LogP) is 2.44. The van der Waals surface area contributed by atoms with E-state index >= 15 is 0 Å². The largest absolute Gasteiger partial charge is 0.341 e. The number of anilines is 1. The number of hydrogen-bond acceptors (Lipinski definition) is 2. The first-order chi connectivity index (χ1) is 9.97. The van der Waals surface area contributed by atoms with Crippen LogP contribution < -0.4 is 4.90 Å². The van der Waals surface area contributed by atoms with Gasteiger partial charge in [0.15, 0.2) is 0 Å². The van der Waals surface area contributed by atoms with Crippen LogP contribution in [0.4, 0.5) is 10.1 Å². The summed E-state index contributed by atoms with van der Waals surface area (Å²) in [5, 5.41) is 0. The minimum Gasteiger partial charge on any atom is -0.341 e. The van der Waals surface area contributed by atoms with Gasteiger partial charge < -0.3 is 9.80 Å². The van der Waals surface area contributed by atoms with Gasteiger partial charge in [0.05, 0.1) is 0 Å². The molecule has 1 fully saturated rings. The number of carbonyl (C=O) groups is 2. The van der Waals surface area contributed by atoms with Crippen molar-refractivity contribution < 1.29 is 14.0 Å². The van der Waals surface area contributed by atoms with E-state index in [4.69, 9.17) is 0 Å². The third-order valence-electron chi connectivity index (χ3n) is 3.95. The average molecular weight is 292 g/mol. The standard InChI is InChI=1S/C16H21FN2O2/c1-12-7-9-18(10-8-12)16(21)11-19(13(2)20)15-5-3-14(17)4-6-15/h3-6,12H,7-11H2,1-2H3. The summed E-state index contributed by atoms with van der Waals surface area (Å²) in [6.45, 7) is 5.09. The molecule has 1 aliphatic heterocycles. The highest BCUT2D eigenvalue weighted by Gasteiger charge is 2.23. The van der Waals surface area contributed by atoms with Gasteiger partial charge in [0.25, 0.3) is 0 Å². The number of nitrogens with zero attached hydrogens (tertiary/aromatic N) is 2. The Morgan fingerprint density at radius 3 is 2.33 bits per heavy atom. The lowest BCUT2D eigenvalue weighted by Crippen LogP contribution is -2.45. The van der Waals surface area contributed by atoms with Gasteiger partial charge >= 0.3 is 0 Å². The maximum Gasteiger partial charge on any atom is 0.242 e. The topological polar surface area (TPSA) is 40.6 Å². The van der Waals surface area contributed by atoms with E-state index in [1.807, 2.05) is 0 Å². The molecule has 2 amide bonds. The van der Waals surface area contributed by atoms with E-state index in [9.17, 15) is 14.0 Å². The van der Waals surface area contributed by atoms with Crippen LogP contribution in [0.3, 0.4) is 0 Å². The Bertz CT molecular complexity index is 508. The van der Waals surface area contributed by atoms with E-state index in [-0.39, 0.29) is 24.2 Å². The van der Waals surface area contributed by atoms with Crippen molar-refractivity contribution in [3.8, 4) is 0 Å². The summed E-state index contributed by atoms with van der Waals surface area (Å²) in [5.41, 5.74) is 0.544. The minimum atomic E-state index is -0.362. The minimum absolute atomic E-state index is 0.00927. The van der Waals surface area contributed by atoms with E-state index in [1.54, 1.807) is 4.90 Å². The number of amides is 2. The van der Waals surface area contributed by atoms with Crippen molar-refractivity contribution in [2.24, 2.45) is 5.92 Å². The van der Waals surface area contributed by atoms with Crippen LogP contribution in [0.15, 0.2) is 24.3 Å². The molecular weight excluding hydrogens is 271 g/mol. The third-order valence-corrected chi connectivity index (χ3v) is 3.95. The zero-order chi connectivity index (χ0) is 15.4. The van der Waals surface area contributed by atoms with Gasteiger partial charge in [0.2, 0.25) is 11.8 Å². The van der Waals surface area contributed by atoms with Gasteiger partial charge in [0.1, 0.15) is 12.4 Å². The van der Waals surface area contributed by atoms with Crippen molar-refractivity contribution in [1.29, 1.82) is 0 Å². The van der Waals surface area contributed by atoms with Crippen LogP contribution in [0.2, 0.25) is 0 Å². The molecule has 21 heavy (non-hydrogen) atoms. The number of benzene rings is 1. The summed E-state index contributed by atoms with van der Waals surface area (Å²) < 4.78 is 13.0. The fourth-order valence-electron chi connectivity index (χ4n) is 2.50. The van der Waals surface area contributed by atoms with Crippen LogP contribution in [-0.2, 0) is 9.59 Å². The number of hydrogen-bond donors (Lipinski definition) is 0. The van der Waals surface area contributed by atoms with Crippen molar-refractivity contribution in [1.82, 2.24) is 4.90 Å². The van der Waals surface area contributed by atoms with Gasteiger partial charge in [-0.3, -0.25) is 9.59 Å². The molecule has 1 aromatic carbocycles. The molecule has 0 aromatic heterocycles. The first-order valence-corrected chi connectivity index (χ1v) is 7.29. The first-order valence-electron chi connectivity index (χ1n) is 7.29. The van der Waals surface area contributed by atoms with Gasteiger partial charge in [-0.1, -0.05) is 6.92 Å². The second kappa shape index (κ2) is 6.70. The second-order valence-electron chi connectivity index (χ2n) is 5.64. The van der Waals surface area contributed by atoms with Crippen LogP contribution in [0.1, 0.15) is 26.7 Å². The van der Waals surface area contributed by atoms with Crippen LogP contribution >= 0.6 is 0 Å². The molecule has 1 aliphatic rings. The van der Waals surface area contributed by atoms with E-state index < -0.39 is 0 Å². The number of rotatable bonds is 3. The van der Waals surface area contributed by atoms with E-state index in [0.29, 0.717) is 11.6 Å². The van der Waals surface area contributed by atoms with E-state index in [2.05, 4.69) is 6.92 Å². The fourth-order valence-corrected chi connectivity index (χ4v) is 2.50. The Kier molecular flexibility index (Phi) is 4.94. The molecule has 2 rings (SSSR count). The summed E-state index contributed by atoms with van der Waals surface area (Å²) in [5.74, 6) is 0.00964. The molecule has 114 valence electrons. The Morgan fingerprint density at radius 2 is 1.81 bits per heavy atom. The smallest absolute Gasteiger partial charge is 0.242 e. The van der Waals surface area contributed by atoms with Crippen molar-refractivity contribution in [3.63, 3.8) is 0 Å². The summed E-state index contributed by atoms with van der Waals surface area (Å²) in [6, 6.07) is 5.61. The monoisotopic (exact) mass is 292 g/mol. The highest BCUT2D eigenvalue weighted by molar-refractivity contribution is 5.97. The second-order valence-corrected chi connectivity index (χ2v) is 5.64. The van der Waals surface area contributed by atoms with Crippen molar-refractivity contribution in [2.75, 3.05) is 24.5 Å². The van der Waals surface area contributed by atoms with Crippen molar-refractivity contribution in [2.45, 2.75) is 26.7 Å². The highest BCUT2D eigenvalue weighted by atomic mass is 19.1. The number of carbonyl (C=O) groups excluding carboxylic acids is 2. The Balaban J connectivity index is 2.04.